The van der Waals surface area contributed by atoms with Gasteiger partial charge in [-0.25, -0.2) is 8.42 Å². The molecule has 1 amide bonds. The Balaban J connectivity index is 1.95. The molecule has 9 heteroatoms. The predicted molar refractivity (Wildman–Crippen MR) is 120 cm³/mol. The highest BCUT2D eigenvalue weighted by atomic mass is 35.5. The second-order valence-electron chi connectivity index (χ2n) is 6.38. The van der Waals surface area contributed by atoms with Gasteiger partial charge in [0, 0.05) is 0 Å². The lowest BCUT2D eigenvalue weighted by molar-refractivity contribution is -0.114. The molecule has 0 fully saturated rings. The van der Waals surface area contributed by atoms with Crippen molar-refractivity contribution in [2.45, 2.75) is 9.79 Å². The molecule has 3 rings (SSSR count). The second-order valence-corrected chi connectivity index (χ2v) is 8.67. The SMILES string of the molecule is COc1ccc(NCC(=O)Nc2ccccc2Cl)c(S(=O)(=O)c2ccccc2)c1OC. The Morgan fingerprint density at radius 2 is 1.58 bits per heavy atom. The molecule has 7 nitrogen and oxygen atoms in total. The first-order valence-electron chi connectivity index (χ1n) is 9.22. The fraction of sp³-hybridized carbons (Fsp3) is 0.136. The summed E-state index contributed by atoms with van der Waals surface area (Å²) >= 11 is 6.07. The van der Waals surface area contributed by atoms with Crippen LogP contribution < -0.4 is 20.1 Å². The average molecular weight is 461 g/mol. The molecule has 0 spiro atoms. The van der Waals surface area contributed by atoms with Crippen LogP contribution in [0.5, 0.6) is 11.5 Å². The predicted octanol–water partition coefficient (Wildman–Crippen LogP) is 4.24. The molecule has 3 aromatic carbocycles. The van der Waals surface area contributed by atoms with Crippen LogP contribution in [0.4, 0.5) is 11.4 Å². The standard InChI is InChI=1S/C22H21ClN2O5S/c1-29-19-13-12-18(24-14-20(26)25-17-11-7-6-10-16(17)23)22(21(19)30-2)31(27,28)15-8-4-3-5-9-15/h3-13,24H,14H2,1-2H3,(H,25,26). The summed E-state index contributed by atoms with van der Waals surface area (Å²) in [6.07, 6.45) is 0. The lowest BCUT2D eigenvalue weighted by atomic mass is 10.2. The number of anilines is 2. The van der Waals surface area contributed by atoms with Crippen LogP contribution in [-0.4, -0.2) is 35.1 Å². The number of rotatable bonds is 8. The van der Waals surface area contributed by atoms with Crippen molar-refractivity contribution in [2.75, 3.05) is 31.4 Å². The molecule has 0 aliphatic rings. The van der Waals surface area contributed by atoms with Crippen LogP contribution in [0, 0.1) is 0 Å². The monoisotopic (exact) mass is 460 g/mol. The van der Waals surface area contributed by atoms with Crippen molar-refractivity contribution in [3.05, 3.63) is 71.8 Å². The molecule has 0 saturated carbocycles. The number of benzene rings is 3. The Hall–Kier alpha value is -3.23. The van der Waals surface area contributed by atoms with Gasteiger partial charge in [-0.05, 0) is 36.4 Å². The lowest BCUT2D eigenvalue weighted by Crippen LogP contribution is -2.23. The molecule has 0 radical (unpaired) electrons. The third-order valence-electron chi connectivity index (χ3n) is 4.41. The Bertz CT molecular complexity index is 1180. The van der Waals surface area contributed by atoms with Crippen LogP contribution in [0.25, 0.3) is 0 Å². The van der Waals surface area contributed by atoms with E-state index in [1.54, 1.807) is 48.5 Å². The van der Waals surface area contributed by atoms with Gasteiger partial charge < -0.3 is 20.1 Å². The van der Waals surface area contributed by atoms with Gasteiger partial charge in [0.1, 0.15) is 4.90 Å². The van der Waals surface area contributed by atoms with Crippen LogP contribution in [0.3, 0.4) is 0 Å². The molecule has 0 aromatic heterocycles. The molecule has 162 valence electrons. The number of ether oxygens (including phenoxy) is 2. The summed E-state index contributed by atoms with van der Waals surface area (Å²) in [7, 11) is -1.20. The van der Waals surface area contributed by atoms with Crippen molar-refractivity contribution < 1.29 is 22.7 Å². The molecule has 31 heavy (non-hydrogen) atoms. The molecule has 3 aromatic rings. The number of amides is 1. The summed E-state index contributed by atoms with van der Waals surface area (Å²) in [5.41, 5.74) is 0.663. The largest absolute Gasteiger partial charge is 0.493 e. The maximum atomic E-state index is 13.4. The van der Waals surface area contributed by atoms with Crippen LogP contribution in [0.1, 0.15) is 0 Å². The van der Waals surface area contributed by atoms with E-state index in [1.165, 1.54) is 32.4 Å². The van der Waals surface area contributed by atoms with Gasteiger partial charge in [-0.15, -0.1) is 0 Å². The van der Waals surface area contributed by atoms with Gasteiger partial charge in [0.2, 0.25) is 15.7 Å². The number of sulfone groups is 1. The first kappa shape index (κ1) is 22.5. The quantitative estimate of drug-likeness (QED) is 0.522. The van der Waals surface area contributed by atoms with Gasteiger partial charge in [-0.2, -0.15) is 0 Å². The number of methoxy groups -OCH3 is 2. The number of carbonyl (C=O) groups is 1. The smallest absolute Gasteiger partial charge is 0.243 e. The normalized spacial score (nSPS) is 10.9. The van der Waals surface area contributed by atoms with E-state index in [9.17, 15) is 13.2 Å². The highest BCUT2D eigenvalue weighted by Crippen LogP contribution is 2.42. The molecule has 0 bridgehead atoms. The first-order chi connectivity index (χ1) is 14.9. The van der Waals surface area contributed by atoms with E-state index < -0.39 is 15.7 Å². The Kier molecular flexibility index (Phi) is 7.04. The van der Waals surface area contributed by atoms with Crippen LogP contribution in [0.2, 0.25) is 5.02 Å². The zero-order valence-electron chi connectivity index (χ0n) is 16.9. The molecule has 0 saturated heterocycles. The third-order valence-corrected chi connectivity index (χ3v) is 6.57. The van der Waals surface area contributed by atoms with Crippen molar-refractivity contribution in [3.8, 4) is 11.5 Å². The summed E-state index contributed by atoms with van der Waals surface area (Å²) in [6, 6.07) is 17.9. The molecular formula is C22H21ClN2O5S. The van der Waals surface area contributed by atoms with Crippen LogP contribution in [-0.2, 0) is 14.6 Å². The van der Waals surface area contributed by atoms with E-state index in [1.807, 2.05) is 0 Å². The minimum absolute atomic E-state index is 0.0443. The molecule has 0 aliphatic carbocycles. The zero-order chi connectivity index (χ0) is 22.4. The van der Waals surface area contributed by atoms with E-state index in [2.05, 4.69) is 10.6 Å². The van der Waals surface area contributed by atoms with Crippen molar-refractivity contribution in [1.29, 1.82) is 0 Å². The molecule has 0 unspecified atom stereocenters. The summed E-state index contributed by atoms with van der Waals surface area (Å²) < 4.78 is 37.4. The average Bonchev–Trinajstić information content (AvgIpc) is 2.79. The first-order valence-corrected chi connectivity index (χ1v) is 11.1. The van der Waals surface area contributed by atoms with E-state index in [-0.39, 0.29) is 33.5 Å². The van der Waals surface area contributed by atoms with E-state index in [0.29, 0.717) is 10.7 Å². The van der Waals surface area contributed by atoms with E-state index in [4.69, 9.17) is 21.1 Å². The number of carbonyl (C=O) groups excluding carboxylic acids is 1. The number of nitrogens with one attached hydrogen (secondary N) is 2. The fourth-order valence-corrected chi connectivity index (χ4v) is 4.75. The molecule has 2 N–H and O–H groups in total. The van der Waals surface area contributed by atoms with Crippen molar-refractivity contribution in [2.24, 2.45) is 0 Å². The lowest BCUT2D eigenvalue weighted by Gasteiger charge is -2.18. The van der Waals surface area contributed by atoms with Crippen molar-refractivity contribution in [1.82, 2.24) is 0 Å². The number of hydrogen-bond donors (Lipinski definition) is 2. The Morgan fingerprint density at radius 3 is 2.23 bits per heavy atom. The van der Waals surface area contributed by atoms with Gasteiger partial charge >= 0.3 is 0 Å². The summed E-state index contributed by atoms with van der Waals surface area (Å²) in [5, 5.41) is 5.97. The minimum atomic E-state index is -3.98. The van der Waals surface area contributed by atoms with Crippen LogP contribution >= 0.6 is 11.6 Å². The van der Waals surface area contributed by atoms with Crippen LogP contribution in [0.15, 0.2) is 76.5 Å². The fourth-order valence-electron chi connectivity index (χ4n) is 2.95. The van der Waals surface area contributed by atoms with Gasteiger partial charge in [-0.1, -0.05) is 41.9 Å². The van der Waals surface area contributed by atoms with E-state index >= 15 is 0 Å². The summed E-state index contributed by atoms with van der Waals surface area (Å²) in [4.78, 5) is 12.4. The summed E-state index contributed by atoms with van der Waals surface area (Å²) in [6.45, 7) is -0.196. The van der Waals surface area contributed by atoms with Gasteiger partial charge in [0.05, 0.1) is 42.1 Å². The van der Waals surface area contributed by atoms with Gasteiger partial charge in [0.25, 0.3) is 0 Å². The summed E-state index contributed by atoms with van der Waals surface area (Å²) in [5.74, 6) is -0.100. The highest BCUT2D eigenvalue weighted by molar-refractivity contribution is 7.91. The van der Waals surface area contributed by atoms with Gasteiger partial charge in [-0.3, -0.25) is 4.79 Å². The third kappa shape index (κ3) is 4.92. The van der Waals surface area contributed by atoms with Crippen molar-refractivity contribution >= 4 is 38.7 Å². The molecule has 0 aliphatic heterocycles. The highest BCUT2D eigenvalue weighted by Gasteiger charge is 2.29. The maximum Gasteiger partial charge on any atom is 0.243 e. The van der Waals surface area contributed by atoms with Crippen molar-refractivity contribution in [3.63, 3.8) is 0 Å². The molecule has 0 atom stereocenters. The van der Waals surface area contributed by atoms with Gasteiger partial charge in [0.15, 0.2) is 11.5 Å². The minimum Gasteiger partial charge on any atom is -0.493 e. The molecular weight excluding hydrogens is 440 g/mol. The second kappa shape index (κ2) is 9.72. The number of halogens is 1. The molecule has 0 heterocycles. The number of hydrogen-bond acceptors (Lipinski definition) is 6. The maximum absolute atomic E-state index is 13.4. The Labute approximate surface area is 185 Å². The van der Waals surface area contributed by atoms with E-state index in [0.717, 1.165) is 0 Å². The number of para-hydroxylation sites is 1. The Morgan fingerprint density at radius 1 is 0.903 bits per heavy atom. The topological polar surface area (TPSA) is 93.7 Å². The zero-order valence-corrected chi connectivity index (χ0v) is 18.5.